The number of hydrogen-bond acceptors (Lipinski definition) is 4. The van der Waals surface area contributed by atoms with Gasteiger partial charge < -0.3 is 5.32 Å². The standard InChI is InChI=1S/C13H15N3O2S/c1-14-12-8-5-9-15-13(12)19(17,18)16-10-11-6-3-2-4-7-11/h2-9,14,16H,10H2,1H3. The molecule has 2 rings (SSSR count). The molecule has 0 saturated carbocycles. The van der Waals surface area contributed by atoms with Crippen LogP contribution in [-0.4, -0.2) is 20.4 Å². The van der Waals surface area contributed by atoms with Crippen LogP contribution in [0.25, 0.3) is 0 Å². The third-order valence-corrected chi connectivity index (χ3v) is 3.96. The summed E-state index contributed by atoms with van der Waals surface area (Å²) in [6, 6.07) is 12.7. The first-order valence-electron chi connectivity index (χ1n) is 5.80. The molecule has 0 bridgehead atoms. The highest BCUT2D eigenvalue weighted by Gasteiger charge is 2.18. The summed E-state index contributed by atoms with van der Waals surface area (Å²) in [5.74, 6) is 0. The van der Waals surface area contributed by atoms with Gasteiger partial charge in [0.1, 0.15) is 0 Å². The van der Waals surface area contributed by atoms with Gasteiger partial charge in [-0.1, -0.05) is 30.3 Å². The van der Waals surface area contributed by atoms with Crippen LogP contribution in [-0.2, 0) is 16.6 Å². The number of anilines is 1. The molecule has 0 unspecified atom stereocenters. The fourth-order valence-corrected chi connectivity index (χ4v) is 2.79. The van der Waals surface area contributed by atoms with Gasteiger partial charge in [0, 0.05) is 19.8 Å². The van der Waals surface area contributed by atoms with Crippen LogP contribution >= 0.6 is 0 Å². The molecule has 1 heterocycles. The van der Waals surface area contributed by atoms with Crippen molar-refractivity contribution in [1.29, 1.82) is 0 Å². The maximum atomic E-state index is 12.2. The van der Waals surface area contributed by atoms with Gasteiger partial charge in [-0.2, -0.15) is 0 Å². The smallest absolute Gasteiger partial charge is 0.260 e. The van der Waals surface area contributed by atoms with E-state index in [1.54, 1.807) is 19.2 Å². The van der Waals surface area contributed by atoms with Crippen LogP contribution in [0.5, 0.6) is 0 Å². The minimum Gasteiger partial charge on any atom is -0.386 e. The van der Waals surface area contributed by atoms with Crippen molar-refractivity contribution in [2.45, 2.75) is 11.6 Å². The van der Waals surface area contributed by atoms with Crippen molar-refractivity contribution < 1.29 is 8.42 Å². The molecule has 19 heavy (non-hydrogen) atoms. The van der Waals surface area contributed by atoms with Gasteiger partial charge in [-0.3, -0.25) is 0 Å². The van der Waals surface area contributed by atoms with Crippen LogP contribution in [0.15, 0.2) is 53.7 Å². The first-order valence-corrected chi connectivity index (χ1v) is 7.28. The molecule has 100 valence electrons. The third kappa shape index (κ3) is 3.30. The Balaban J connectivity index is 2.19. The lowest BCUT2D eigenvalue weighted by atomic mass is 10.2. The Morgan fingerprint density at radius 2 is 1.84 bits per heavy atom. The Kier molecular flexibility index (Phi) is 4.13. The lowest BCUT2D eigenvalue weighted by Gasteiger charge is -2.09. The van der Waals surface area contributed by atoms with Crippen LogP contribution in [0.3, 0.4) is 0 Å². The summed E-state index contributed by atoms with van der Waals surface area (Å²) >= 11 is 0. The Morgan fingerprint density at radius 3 is 2.53 bits per heavy atom. The SMILES string of the molecule is CNc1cccnc1S(=O)(=O)NCc1ccccc1. The Morgan fingerprint density at radius 1 is 1.11 bits per heavy atom. The normalized spacial score (nSPS) is 11.2. The average molecular weight is 277 g/mol. The second kappa shape index (κ2) is 5.81. The molecule has 5 nitrogen and oxygen atoms in total. The summed E-state index contributed by atoms with van der Waals surface area (Å²) < 4.78 is 26.9. The molecular weight excluding hydrogens is 262 g/mol. The van der Waals surface area contributed by atoms with Crippen molar-refractivity contribution in [2.24, 2.45) is 0 Å². The Labute approximate surface area is 112 Å². The third-order valence-electron chi connectivity index (χ3n) is 2.60. The minimum absolute atomic E-state index is 0.00781. The van der Waals surface area contributed by atoms with E-state index in [9.17, 15) is 8.42 Å². The van der Waals surface area contributed by atoms with Gasteiger partial charge in [-0.05, 0) is 17.7 Å². The van der Waals surface area contributed by atoms with Crippen molar-refractivity contribution in [3.63, 3.8) is 0 Å². The zero-order valence-electron chi connectivity index (χ0n) is 10.5. The van der Waals surface area contributed by atoms with E-state index in [-0.39, 0.29) is 11.6 Å². The van der Waals surface area contributed by atoms with E-state index in [0.29, 0.717) is 5.69 Å². The minimum atomic E-state index is -3.62. The number of hydrogen-bond donors (Lipinski definition) is 2. The van der Waals surface area contributed by atoms with Crippen molar-refractivity contribution in [3.8, 4) is 0 Å². The number of rotatable bonds is 5. The molecule has 1 aromatic carbocycles. The molecule has 0 spiro atoms. The first-order chi connectivity index (χ1) is 9.13. The Hall–Kier alpha value is -1.92. The van der Waals surface area contributed by atoms with Crippen LogP contribution < -0.4 is 10.0 Å². The molecule has 0 amide bonds. The maximum Gasteiger partial charge on any atom is 0.260 e. The molecule has 0 aliphatic rings. The first kappa shape index (κ1) is 13.5. The van der Waals surface area contributed by atoms with Crippen LogP contribution in [0.4, 0.5) is 5.69 Å². The van der Waals surface area contributed by atoms with Gasteiger partial charge in [0.15, 0.2) is 5.03 Å². The lowest BCUT2D eigenvalue weighted by Crippen LogP contribution is -2.25. The van der Waals surface area contributed by atoms with E-state index < -0.39 is 10.0 Å². The van der Waals surface area contributed by atoms with Crippen molar-refractivity contribution in [1.82, 2.24) is 9.71 Å². The molecule has 0 radical (unpaired) electrons. The van der Waals surface area contributed by atoms with Crippen molar-refractivity contribution in [2.75, 3.05) is 12.4 Å². The van der Waals surface area contributed by atoms with Gasteiger partial charge >= 0.3 is 0 Å². The van der Waals surface area contributed by atoms with Gasteiger partial charge in [0.2, 0.25) is 0 Å². The number of aromatic nitrogens is 1. The monoisotopic (exact) mass is 277 g/mol. The number of nitrogens with zero attached hydrogens (tertiary/aromatic N) is 1. The fraction of sp³-hybridized carbons (Fsp3) is 0.154. The second-order valence-corrected chi connectivity index (χ2v) is 5.60. The molecule has 0 aliphatic carbocycles. The summed E-state index contributed by atoms with van der Waals surface area (Å²) in [6.45, 7) is 0.239. The average Bonchev–Trinajstić information content (AvgIpc) is 2.46. The predicted molar refractivity (Wildman–Crippen MR) is 74.3 cm³/mol. The van der Waals surface area contributed by atoms with E-state index >= 15 is 0 Å². The highest BCUT2D eigenvalue weighted by Crippen LogP contribution is 2.17. The molecule has 0 atom stereocenters. The molecule has 2 N–H and O–H groups in total. The van der Waals surface area contributed by atoms with E-state index in [4.69, 9.17) is 0 Å². The number of benzene rings is 1. The summed E-state index contributed by atoms with van der Waals surface area (Å²) in [4.78, 5) is 3.92. The fourth-order valence-electron chi connectivity index (χ4n) is 1.64. The molecular formula is C13H15N3O2S. The van der Waals surface area contributed by atoms with Crippen LogP contribution in [0.2, 0.25) is 0 Å². The largest absolute Gasteiger partial charge is 0.386 e. The summed E-state index contributed by atoms with van der Waals surface area (Å²) in [7, 11) is -1.96. The zero-order chi connectivity index (χ0) is 13.7. The molecule has 0 fully saturated rings. The van der Waals surface area contributed by atoms with Gasteiger partial charge in [0.25, 0.3) is 10.0 Å². The zero-order valence-corrected chi connectivity index (χ0v) is 11.3. The van der Waals surface area contributed by atoms with E-state index in [0.717, 1.165) is 5.56 Å². The van der Waals surface area contributed by atoms with E-state index in [1.165, 1.54) is 6.20 Å². The van der Waals surface area contributed by atoms with Gasteiger partial charge in [-0.25, -0.2) is 18.1 Å². The molecule has 0 saturated heterocycles. The van der Waals surface area contributed by atoms with Crippen molar-refractivity contribution >= 4 is 15.7 Å². The van der Waals surface area contributed by atoms with Gasteiger partial charge in [-0.15, -0.1) is 0 Å². The van der Waals surface area contributed by atoms with Crippen molar-refractivity contribution in [3.05, 3.63) is 54.2 Å². The predicted octanol–water partition coefficient (Wildman–Crippen LogP) is 1.60. The molecule has 1 aromatic heterocycles. The summed E-state index contributed by atoms with van der Waals surface area (Å²) in [6.07, 6.45) is 1.46. The van der Waals surface area contributed by atoms with Crippen LogP contribution in [0.1, 0.15) is 5.56 Å². The lowest BCUT2D eigenvalue weighted by molar-refractivity contribution is 0.578. The van der Waals surface area contributed by atoms with E-state index in [2.05, 4.69) is 15.0 Å². The van der Waals surface area contributed by atoms with Crippen LogP contribution in [0, 0.1) is 0 Å². The maximum absolute atomic E-state index is 12.2. The molecule has 0 aliphatic heterocycles. The van der Waals surface area contributed by atoms with Gasteiger partial charge in [0.05, 0.1) is 5.69 Å². The summed E-state index contributed by atoms with van der Waals surface area (Å²) in [5, 5.41) is 2.83. The summed E-state index contributed by atoms with van der Waals surface area (Å²) in [5.41, 5.74) is 1.37. The topological polar surface area (TPSA) is 71.1 Å². The number of pyridine rings is 1. The number of sulfonamides is 1. The highest BCUT2D eigenvalue weighted by atomic mass is 32.2. The number of nitrogens with one attached hydrogen (secondary N) is 2. The quantitative estimate of drug-likeness (QED) is 0.871. The second-order valence-electron chi connectivity index (χ2n) is 3.92. The molecule has 6 heteroatoms. The van der Waals surface area contributed by atoms with E-state index in [1.807, 2.05) is 30.3 Å². The highest BCUT2D eigenvalue weighted by molar-refractivity contribution is 7.89. The Bertz CT molecular complexity index is 642. The molecule has 2 aromatic rings.